The first kappa shape index (κ1) is 29.3. The molecule has 0 unspecified atom stereocenters. The molecule has 1 aliphatic rings. The van der Waals surface area contributed by atoms with Gasteiger partial charge in [-0.3, -0.25) is 9.36 Å². The van der Waals surface area contributed by atoms with E-state index in [1.165, 1.54) is 29.8 Å². The first-order valence-corrected chi connectivity index (χ1v) is 15.7. The largest absolute Gasteiger partial charge is 0.465 e. The molecule has 5 aromatic rings. The summed E-state index contributed by atoms with van der Waals surface area (Å²) >= 11 is 2.78. The maximum atomic E-state index is 14.2. The molecule has 1 aliphatic heterocycles. The van der Waals surface area contributed by atoms with Gasteiger partial charge in [-0.1, -0.05) is 47.7 Å². The molecule has 222 valence electrons. The van der Waals surface area contributed by atoms with Crippen LogP contribution in [0, 0.1) is 13.8 Å². The first-order chi connectivity index (χ1) is 21.3. The Morgan fingerprint density at radius 3 is 2.41 bits per heavy atom. The third-order valence-electron chi connectivity index (χ3n) is 7.49. The van der Waals surface area contributed by atoms with Crippen molar-refractivity contribution in [3.8, 4) is 5.69 Å². The minimum Gasteiger partial charge on any atom is -0.465 e. The smallest absolute Gasteiger partial charge is 0.338 e. The van der Waals surface area contributed by atoms with Crippen LogP contribution in [0.15, 0.2) is 93.5 Å². The standard InChI is InChI=1S/C34H29N3O5S2/c1-5-42-33(40)28-29(22-10-7-6-8-11-22)35-34-37(30(28)26-12-9-17-43-26)31(38)27(44-34)19-24-18-20(2)36(21(24)3)25-15-13-23(14-16-25)32(39)41-4/h6-19,30H,5H2,1-4H3/b27-19-/t30-/m0/s1. The Morgan fingerprint density at radius 2 is 1.75 bits per heavy atom. The number of thiophene rings is 1. The van der Waals surface area contributed by atoms with E-state index in [0.29, 0.717) is 26.2 Å². The molecule has 0 spiro atoms. The van der Waals surface area contributed by atoms with Crippen LogP contribution in [0.25, 0.3) is 17.5 Å². The molecule has 44 heavy (non-hydrogen) atoms. The van der Waals surface area contributed by atoms with Gasteiger partial charge in [0.15, 0.2) is 4.80 Å². The number of fused-ring (bicyclic) bond motifs is 1. The van der Waals surface area contributed by atoms with Crippen LogP contribution in [-0.2, 0) is 14.3 Å². The number of aromatic nitrogens is 2. The Kier molecular flexibility index (Phi) is 8.03. The Balaban J connectivity index is 1.52. The molecule has 0 saturated heterocycles. The lowest BCUT2D eigenvalue weighted by Gasteiger charge is -2.24. The van der Waals surface area contributed by atoms with Crippen molar-refractivity contribution in [2.24, 2.45) is 4.99 Å². The van der Waals surface area contributed by atoms with E-state index in [4.69, 9.17) is 14.5 Å². The molecule has 0 saturated carbocycles. The second-order valence-electron chi connectivity index (χ2n) is 10.1. The molecule has 0 radical (unpaired) electrons. The van der Waals surface area contributed by atoms with Crippen LogP contribution in [0.1, 0.15) is 50.7 Å². The number of aryl methyl sites for hydroxylation is 1. The molecule has 0 aliphatic carbocycles. The highest BCUT2D eigenvalue weighted by Gasteiger charge is 2.35. The summed E-state index contributed by atoms with van der Waals surface area (Å²) in [5.74, 6) is -0.888. The zero-order chi connectivity index (χ0) is 31.0. The Bertz CT molecular complexity index is 2080. The summed E-state index contributed by atoms with van der Waals surface area (Å²) in [5, 5.41) is 1.93. The highest BCUT2D eigenvalue weighted by Crippen LogP contribution is 2.36. The Morgan fingerprint density at radius 1 is 1.00 bits per heavy atom. The summed E-state index contributed by atoms with van der Waals surface area (Å²) in [7, 11) is 1.36. The zero-order valence-corrected chi connectivity index (χ0v) is 26.2. The quantitative estimate of drug-likeness (QED) is 0.233. The fraction of sp³-hybridized carbons (Fsp3) is 0.176. The van der Waals surface area contributed by atoms with Gasteiger partial charge in [-0.25, -0.2) is 14.6 Å². The average Bonchev–Trinajstić information content (AvgIpc) is 3.75. The highest BCUT2D eigenvalue weighted by molar-refractivity contribution is 7.10. The molecule has 0 bridgehead atoms. The van der Waals surface area contributed by atoms with Crippen molar-refractivity contribution in [2.75, 3.05) is 13.7 Å². The lowest BCUT2D eigenvalue weighted by Crippen LogP contribution is -2.39. The number of rotatable bonds is 7. The van der Waals surface area contributed by atoms with Gasteiger partial charge >= 0.3 is 11.9 Å². The van der Waals surface area contributed by atoms with Crippen LogP contribution in [-0.4, -0.2) is 34.8 Å². The molecular formula is C34H29N3O5S2. The molecule has 0 amide bonds. The average molecular weight is 624 g/mol. The molecule has 4 heterocycles. The van der Waals surface area contributed by atoms with Crippen LogP contribution < -0.4 is 14.9 Å². The molecule has 6 rings (SSSR count). The topological polar surface area (TPSA) is 91.9 Å². The third-order valence-corrected chi connectivity index (χ3v) is 9.40. The maximum Gasteiger partial charge on any atom is 0.338 e. The molecule has 3 aromatic heterocycles. The normalized spacial score (nSPS) is 14.7. The number of nitrogens with zero attached hydrogens (tertiary/aromatic N) is 3. The zero-order valence-electron chi connectivity index (χ0n) is 24.6. The summed E-state index contributed by atoms with van der Waals surface area (Å²) in [6, 6.07) is 21.9. The Labute approximate surface area is 261 Å². The predicted molar refractivity (Wildman–Crippen MR) is 172 cm³/mol. The van der Waals surface area contributed by atoms with Crippen molar-refractivity contribution in [1.29, 1.82) is 0 Å². The van der Waals surface area contributed by atoms with Crippen molar-refractivity contribution < 1.29 is 19.1 Å². The summed E-state index contributed by atoms with van der Waals surface area (Å²) in [5.41, 5.74) is 5.54. The summed E-state index contributed by atoms with van der Waals surface area (Å²) < 4.78 is 14.5. The molecule has 8 nitrogen and oxygen atoms in total. The lowest BCUT2D eigenvalue weighted by molar-refractivity contribution is -0.138. The minimum absolute atomic E-state index is 0.201. The fourth-order valence-electron chi connectivity index (χ4n) is 5.49. The number of benzene rings is 2. The van der Waals surface area contributed by atoms with Crippen molar-refractivity contribution in [3.05, 3.63) is 136 Å². The molecule has 0 fully saturated rings. The Hall–Kier alpha value is -4.80. The molecule has 2 aromatic carbocycles. The van der Waals surface area contributed by atoms with Crippen LogP contribution in [0.5, 0.6) is 0 Å². The van der Waals surface area contributed by atoms with Gasteiger partial charge in [0.05, 0.1) is 35.1 Å². The lowest BCUT2D eigenvalue weighted by atomic mass is 9.97. The molecular weight excluding hydrogens is 595 g/mol. The molecule has 1 atom stereocenters. The van der Waals surface area contributed by atoms with Crippen LogP contribution in [0.4, 0.5) is 0 Å². The second-order valence-corrected chi connectivity index (χ2v) is 12.1. The van der Waals surface area contributed by atoms with E-state index in [1.54, 1.807) is 23.6 Å². The van der Waals surface area contributed by atoms with Gasteiger partial charge in [0.25, 0.3) is 5.56 Å². The van der Waals surface area contributed by atoms with Crippen LogP contribution in [0.2, 0.25) is 0 Å². The number of carbonyl (C=O) groups is 2. The van der Waals surface area contributed by atoms with Gasteiger partial charge in [-0.15, -0.1) is 11.3 Å². The number of hydrogen-bond donors (Lipinski definition) is 0. The number of hydrogen-bond acceptors (Lipinski definition) is 8. The van der Waals surface area contributed by atoms with Crippen molar-refractivity contribution >= 4 is 46.4 Å². The van der Waals surface area contributed by atoms with E-state index >= 15 is 0 Å². The number of thiazole rings is 1. The van der Waals surface area contributed by atoms with E-state index in [9.17, 15) is 14.4 Å². The van der Waals surface area contributed by atoms with Crippen LogP contribution >= 0.6 is 22.7 Å². The molecule has 10 heteroatoms. The number of methoxy groups -OCH3 is 1. The SMILES string of the molecule is CCOC(=O)C1=C(c2ccccc2)N=c2s/c(=C\c3cc(C)n(-c4ccc(C(=O)OC)cc4)c3C)c(=O)n2[C@H]1c1cccs1. The number of carbonyl (C=O) groups excluding carboxylic acids is 2. The van der Waals surface area contributed by atoms with E-state index in [2.05, 4.69) is 4.57 Å². The number of ether oxygens (including phenoxy) is 2. The summed E-state index contributed by atoms with van der Waals surface area (Å²) in [6.45, 7) is 5.95. The van der Waals surface area contributed by atoms with Crippen molar-refractivity contribution in [3.63, 3.8) is 0 Å². The van der Waals surface area contributed by atoms with Gasteiger partial charge in [-0.2, -0.15) is 0 Å². The van der Waals surface area contributed by atoms with Gasteiger partial charge in [-0.05, 0) is 74.2 Å². The van der Waals surface area contributed by atoms with E-state index in [1.807, 2.05) is 86.0 Å². The van der Waals surface area contributed by atoms with Crippen molar-refractivity contribution in [1.82, 2.24) is 9.13 Å². The maximum absolute atomic E-state index is 14.2. The monoisotopic (exact) mass is 623 g/mol. The fourth-order valence-corrected chi connectivity index (χ4v) is 7.31. The van der Waals surface area contributed by atoms with Gasteiger partial charge in [0, 0.05) is 27.5 Å². The van der Waals surface area contributed by atoms with E-state index in [-0.39, 0.29) is 12.2 Å². The summed E-state index contributed by atoms with van der Waals surface area (Å²) in [6.07, 6.45) is 1.88. The first-order valence-electron chi connectivity index (χ1n) is 14.0. The van der Waals surface area contributed by atoms with Gasteiger partial charge in [0.2, 0.25) is 0 Å². The van der Waals surface area contributed by atoms with Gasteiger partial charge < -0.3 is 14.0 Å². The predicted octanol–water partition coefficient (Wildman–Crippen LogP) is 5.19. The molecule has 0 N–H and O–H groups in total. The van der Waals surface area contributed by atoms with Crippen molar-refractivity contribution in [2.45, 2.75) is 26.8 Å². The van der Waals surface area contributed by atoms with E-state index in [0.717, 1.165) is 33.1 Å². The number of esters is 2. The van der Waals surface area contributed by atoms with Gasteiger partial charge in [0.1, 0.15) is 6.04 Å². The summed E-state index contributed by atoms with van der Waals surface area (Å²) in [4.78, 5) is 45.8. The second kappa shape index (κ2) is 12.1. The minimum atomic E-state index is -0.677. The third kappa shape index (κ3) is 5.16. The van der Waals surface area contributed by atoms with Crippen LogP contribution in [0.3, 0.4) is 0 Å². The van der Waals surface area contributed by atoms with E-state index < -0.39 is 18.0 Å². The highest BCUT2D eigenvalue weighted by atomic mass is 32.1.